The van der Waals surface area contributed by atoms with Crippen molar-refractivity contribution in [3.63, 3.8) is 0 Å². The maximum atomic E-state index is 2.38. The van der Waals surface area contributed by atoms with Crippen molar-refractivity contribution in [2.24, 2.45) is 5.92 Å². The molecular formula is C11H26N+. The molecule has 0 bridgehead atoms. The molecule has 1 heteroatoms. The molecular weight excluding hydrogens is 146 g/mol. The van der Waals surface area contributed by atoms with Crippen molar-refractivity contribution < 1.29 is 4.48 Å². The van der Waals surface area contributed by atoms with Crippen molar-refractivity contribution in [2.75, 3.05) is 20.1 Å². The number of quaternary nitrogens is 1. The summed E-state index contributed by atoms with van der Waals surface area (Å²) in [6, 6.07) is 0.757. The van der Waals surface area contributed by atoms with Crippen LogP contribution < -0.4 is 0 Å². The third-order valence-electron chi connectivity index (χ3n) is 2.76. The molecule has 0 rings (SSSR count). The molecule has 0 aromatic heterocycles. The first kappa shape index (κ1) is 12.0. The second-order valence-corrected chi connectivity index (χ2v) is 4.87. The van der Waals surface area contributed by atoms with Gasteiger partial charge in [-0.3, -0.25) is 0 Å². The zero-order valence-corrected chi connectivity index (χ0v) is 9.72. The van der Waals surface area contributed by atoms with Crippen LogP contribution in [0.5, 0.6) is 0 Å². The van der Waals surface area contributed by atoms with Gasteiger partial charge < -0.3 is 4.48 Å². The fourth-order valence-corrected chi connectivity index (χ4v) is 1.91. The summed E-state index contributed by atoms with van der Waals surface area (Å²) in [6.45, 7) is 14.2. The first-order valence-electron chi connectivity index (χ1n) is 5.26. The van der Waals surface area contributed by atoms with Crippen molar-refractivity contribution >= 4 is 0 Å². The van der Waals surface area contributed by atoms with Crippen LogP contribution in [0.1, 0.15) is 41.0 Å². The highest BCUT2D eigenvalue weighted by atomic mass is 15.3. The Morgan fingerprint density at radius 3 is 1.83 bits per heavy atom. The van der Waals surface area contributed by atoms with E-state index < -0.39 is 0 Å². The van der Waals surface area contributed by atoms with Crippen molar-refractivity contribution in [3.05, 3.63) is 0 Å². The summed E-state index contributed by atoms with van der Waals surface area (Å²) in [4.78, 5) is 0. The highest BCUT2D eigenvalue weighted by Crippen LogP contribution is 2.14. The lowest BCUT2D eigenvalue weighted by Gasteiger charge is -2.39. The molecule has 1 unspecified atom stereocenters. The predicted molar refractivity (Wildman–Crippen MR) is 56.2 cm³/mol. The molecule has 0 aromatic rings. The van der Waals surface area contributed by atoms with Crippen molar-refractivity contribution in [1.29, 1.82) is 0 Å². The van der Waals surface area contributed by atoms with Crippen LogP contribution in [0.25, 0.3) is 0 Å². The zero-order chi connectivity index (χ0) is 9.78. The maximum absolute atomic E-state index is 2.38. The second kappa shape index (κ2) is 4.86. The minimum Gasteiger partial charge on any atom is -0.324 e. The molecule has 1 nitrogen and oxygen atoms in total. The fourth-order valence-electron chi connectivity index (χ4n) is 1.91. The summed E-state index contributed by atoms with van der Waals surface area (Å²) in [5, 5.41) is 0. The SMILES string of the molecule is CCC[N+](C)(CC(C)C)C(C)C. The van der Waals surface area contributed by atoms with Gasteiger partial charge in [0.05, 0.1) is 26.2 Å². The van der Waals surface area contributed by atoms with Crippen LogP contribution in [-0.2, 0) is 0 Å². The van der Waals surface area contributed by atoms with E-state index in [-0.39, 0.29) is 0 Å². The van der Waals surface area contributed by atoms with Crippen LogP contribution in [0, 0.1) is 5.92 Å². The van der Waals surface area contributed by atoms with Gasteiger partial charge in [-0.2, -0.15) is 0 Å². The van der Waals surface area contributed by atoms with Gasteiger partial charge in [0.25, 0.3) is 0 Å². The number of nitrogens with zero attached hydrogens (tertiary/aromatic N) is 1. The summed E-state index contributed by atoms with van der Waals surface area (Å²) in [5.41, 5.74) is 0. The van der Waals surface area contributed by atoms with Crippen LogP contribution in [0.4, 0.5) is 0 Å². The standard InChI is InChI=1S/C11H26N/c1-7-8-12(6,11(4)5)9-10(2)3/h10-11H,7-9H2,1-6H3/q+1. The number of hydrogen-bond donors (Lipinski definition) is 0. The Balaban J connectivity index is 4.18. The highest BCUT2D eigenvalue weighted by Gasteiger charge is 2.25. The largest absolute Gasteiger partial charge is 0.324 e. The summed E-state index contributed by atoms with van der Waals surface area (Å²) in [5.74, 6) is 0.809. The Kier molecular flexibility index (Phi) is 4.84. The Hall–Kier alpha value is -0.0400. The quantitative estimate of drug-likeness (QED) is 0.559. The molecule has 0 amide bonds. The summed E-state index contributed by atoms with van der Waals surface area (Å²) >= 11 is 0. The van der Waals surface area contributed by atoms with E-state index in [1.54, 1.807) is 0 Å². The summed E-state index contributed by atoms with van der Waals surface area (Å²) < 4.78 is 1.23. The average Bonchev–Trinajstić information content (AvgIpc) is 1.85. The first-order chi connectivity index (χ1) is 5.42. The van der Waals surface area contributed by atoms with E-state index in [4.69, 9.17) is 0 Å². The molecule has 0 saturated carbocycles. The first-order valence-corrected chi connectivity index (χ1v) is 5.26. The normalized spacial score (nSPS) is 17.0. The summed E-state index contributed by atoms with van der Waals surface area (Å²) in [6.07, 6.45) is 1.29. The molecule has 0 heterocycles. The molecule has 0 aliphatic heterocycles. The van der Waals surface area contributed by atoms with Crippen molar-refractivity contribution in [1.82, 2.24) is 0 Å². The van der Waals surface area contributed by atoms with Crippen LogP contribution in [-0.4, -0.2) is 30.7 Å². The molecule has 12 heavy (non-hydrogen) atoms. The van der Waals surface area contributed by atoms with E-state index in [9.17, 15) is 0 Å². The highest BCUT2D eigenvalue weighted by molar-refractivity contribution is 4.49. The Morgan fingerprint density at radius 1 is 1.08 bits per heavy atom. The average molecular weight is 172 g/mol. The maximum Gasteiger partial charge on any atom is 0.0831 e. The lowest BCUT2D eigenvalue weighted by molar-refractivity contribution is -0.932. The second-order valence-electron chi connectivity index (χ2n) is 4.87. The molecule has 1 atom stereocenters. The van der Waals surface area contributed by atoms with Gasteiger partial charge in [0.1, 0.15) is 0 Å². The molecule has 0 saturated heterocycles. The van der Waals surface area contributed by atoms with Gasteiger partial charge in [0.2, 0.25) is 0 Å². The van der Waals surface area contributed by atoms with Gasteiger partial charge in [-0.25, -0.2) is 0 Å². The van der Waals surface area contributed by atoms with Gasteiger partial charge in [-0.05, 0) is 20.3 Å². The number of rotatable bonds is 5. The monoisotopic (exact) mass is 172 g/mol. The lowest BCUT2D eigenvalue weighted by atomic mass is 10.1. The Morgan fingerprint density at radius 2 is 1.58 bits per heavy atom. The molecule has 0 aliphatic rings. The van der Waals surface area contributed by atoms with Gasteiger partial charge in [0, 0.05) is 5.92 Å². The molecule has 0 spiro atoms. The Bertz CT molecular complexity index is 118. The Labute approximate surface area is 78.4 Å². The van der Waals surface area contributed by atoms with Crippen LogP contribution >= 0.6 is 0 Å². The van der Waals surface area contributed by atoms with Crippen LogP contribution in [0.15, 0.2) is 0 Å². The summed E-state index contributed by atoms with van der Waals surface area (Å²) in [7, 11) is 2.38. The van der Waals surface area contributed by atoms with E-state index in [2.05, 4.69) is 41.7 Å². The van der Waals surface area contributed by atoms with Gasteiger partial charge in [0.15, 0.2) is 0 Å². The van der Waals surface area contributed by atoms with Crippen molar-refractivity contribution in [2.45, 2.75) is 47.1 Å². The van der Waals surface area contributed by atoms with E-state index >= 15 is 0 Å². The minimum atomic E-state index is 0.757. The van der Waals surface area contributed by atoms with E-state index in [1.165, 1.54) is 24.0 Å². The van der Waals surface area contributed by atoms with Crippen LogP contribution in [0.2, 0.25) is 0 Å². The van der Waals surface area contributed by atoms with Crippen molar-refractivity contribution in [3.8, 4) is 0 Å². The molecule has 0 aliphatic carbocycles. The van der Waals surface area contributed by atoms with E-state index in [1.807, 2.05) is 0 Å². The van der Waals surface area contributed by atoms with Gasteiger partial charge in [-0.1, -0.05) is 20.8 Å². The molecule has 0 N–H and O–H groups in total. The van der Waals surface area contributed by atoms with E-state index in [0.29, 0.717) is 0 Å². The van der Waals surface area contributed by atoms with Gasteiger partial charge >= 0.3 is 0 Å². The zero-order valence-electron chi connectivity index (χ0n) is 9.72. The van der Waals surface area contributed by atoms with E-state index in [0.717, 1.165) is 12.0 Å². The third kappa shape index (κ3) is 3.57. The third-order valence-corrected chi connectivity index (χ3v) is 2.76. The molecule has 74 valence electrons. The predicted octanol–water partition coefficient (Wildman–Crippen LogP) is 2.91. The molecule has 0 aromatic carbocycles. The molecule has 0 fully saturated rings. The fraction of sp³-hybridized carbons (Fsp3) is 1.00. The lowest BCUT2D eigenvalue weighted by Crippen LogP contribution is -2.52. The topological polar surface area (TPSA) is 0 Å². The van der Waals surface area contributed by atoms with Crippen LogP contribution in [0.3, 0.4) is 0 Å². The smallest absolute Gasteiger partial charge is 0.0831 e. The minimum absolute atomic E-state index is 0.757. The molecule has 0 radical (unpaired) electrons. The number of hydrogen-bond acceptors (Lipinski definition) is 0. The van der Waals surface area contributed by atoms with Gasteiger partial charge in [-0.15, -0.1) is 0 Å².